The summed E-state index contributed by atoms with van der Waals surface area (Å²) in [6.07, 6.45) is -0.919. The smallest absolute Gasteiger partial charge is 0.348 e. The molecule has 2 atom stereocenters. The summed E-state index contributed by atoms with van der Waals surface area (Å²) < 4.78 is 22.4. The van der Waals surface area contributed by atoms with Gasteiger partial charge in [0.15, 0.2) is 0 Å². The normalized spacial score (nSPS) is 17.8. The van der Waals surface area contributed by atoms with Crippen molar-refractivity contribution in [3.8, 4) is 11.5 Å². The van der Waals surface area contributed by atoms with Crippen LogP contribution >= 0.6 is 0 Å². The van der Waals surface area contributed by atoms with Gasteiger partial charge in [0.2, 0.25) is 6.10 Å². The van der Waals surface area contributed by atoms with Crippen molar-refractivity contribution in [2.75, 3.05) is 6.61 Å². The molecule has 150 valence electrons. The van der Waals surface area contributed by atoms with Crippen LogP contribution in [-0.2, 0) is 9.53 Å². The van der Waals surface area contributed by atoms with Crippen molar-refractivity contribution >= 4 is 16.9 Å². The molecule has 6 heteroatoms. The summed E-state index contributed by atoms with van der Waals surface area (Å²) in [6.45, 7) is 5.85. The van der Waals surface area contributed by atoms with Gasteiger partial charge in [-0.25, -0.2) is 9.59 Å². The summed E-state index contributed by atoms with van der Waals surface area (Å²) in [7, 11) is 0. The Morgan fingerprint density at radius 1 is 1.10 bits per heavy atom. The Balaban J connectivity index is 1.85. The number of hydrogen-bond acceptors (Lipinski definition) is 6. The number of esters is 1. The zero-order valence-corrected chi connectivity index (χ0v) is 16.5. The maximum Gasteiger partial charge on any atom is 0.348 e. The van der Waals surface area contributed by atoms with Crippen LogP contribution in [0.4, 0.5) is 0 Å². The first-order valence-electron chi connectivity index (χ1n) is 9.65. The Kier molecular flexibility index (Phi) is 5.01. The molecule has 2 heterocycles. The molecule has 0 spiro atoms. The van der Waals surface area contributed by atoms with Crippen molar-refractivity contribution in [3.63, 3.8) is 0 Å². The lowest BCUT2D eigenvalue weighted by atomic mass is 9.88. The second kappa shape index (κ2) is 7.62. The monoisotopic (exact) mass is 394 g/mol. The fourth-order valence-corrected chi connectivity index (χ4v) is 3.65. The predicted octanol–water partition coefficient (Wildman–Crippen LogP) is 4.04. The molecular weight excluding hydrogens is 372 g/mol. The molecule has 0 amide bonds. The lowest BCUT2D eigenvalue weighted by Crippen LogP contribution is -2.32. The minimum Gasteiger partial charge on any atom is -0.491 e. The standard InChI is InChI=1S/C23H22O6/c1-4-26-23(25)21-18(14-9-11-15(12-10-14)27-13(2)3)19-20(29-21)16-7-5-6-8-17(16)28-22(19)24/h5-13,18,21H,4H2,1-3H3/t18-,21+/m1/s1. The van der Waals surface area contributed by atoms with Crippen molar-refractivity contribution < 1.29 is 23.4 Å². The number of ether oxygens (including phenoxy) is 3. The molecule has 1 aliphatic heterocycles. The van der Waals surface area contributed by atoms with E-state index in [1.807, 2.05) is 44.2 Å². The fraction of sp³-hybridized carbons (Fsp3) is 0.304. The molecule has 6 nitrogen and oxygen atoms in total. The molecule has 3 aromatic rings. The third kappa shape index (κ3) is 3.46. The van der Waals surface area contributed by atoms with Crippen LogP contribution in [-0.4, -0.2) is 24.8 Å². The van der Waals surface area contributed by atoms with Crippen LogP contribution in [0.3, 0.4) is 0 Å². The molecule has 1 aliphatic rings. The lowest BCUT2D eigenvalue weighted by Gasteiger charge is -2.18. The Labute approximate surface area is 168 Å². The van der Waals surface area contributed by atoms with Crippen LogP contribution in [0.5, 0.6) is 11.5 Å². The second-order valence-corrected chi connectivity index (χ2v) is 7.13. The number of benzene rings is 2. The Hall–Kier alpha value is -3.28. The lowest BCUT2D eigenvalue weighted by molar-refractivity contribution is -0.151. The highest BCUT2D eigenvalue weighted by atomic mass is 16.6. The van der Waals surface area contributed by atoms with Gasteiger partial charge in [0.25, 0.3) is 0 Å². The van der Waals surface area contributed by atoms with Gasteiger partial charge in [-0.2, -0.15) is 0 Å². The average molecular weight is 394 g/mol. The first kappa shape index (κ1) is 19.1. The first-order chi connectivity index (χ1) is 14.0. The van der Waals surface area contributed by atoms with E-state index in [-0.39, 0.29) is 12.7 Å². The minimum absolute atomic E-state index is 0.0436. The van der Waals surface area contributed by atoms with E-state index in [4.69, 9.17) is 18.6 Å². The summed E-state index contributed by atoms with van der Waals surface area (Å²) in [5, 5.41) is 0.652. The molecule has 0 bridgehead atoms. The van der Waals surface area contributed by atoms with Gasteiger partial charge >= 0.3 is 11.6 Å². The summed E-state index contributed by atoms with van der Waals surface area (Å²) in [5.41, 5.74) is 0.984. The minimum atomic E-state index is -0.962. The summed E-state index contributed by atoms with van der Waals surface area (Å²) in [6, 6.07) is 14.4. The second-order valence-electron chi connectivity index (χ2n) is 7.13. The van der Waals surface area contributed by atoms with Gasteiger partial charge < -0.3 is 18.6 Å². The van der Waals surface area contributed by atoms with Crippen molar-refractivity contribution in [3.05, 3.63) is 70.1 Å². The Morgan fingerprint density at radius 2 is 1.83 bits per heavy atom. The molecule has 29 heavy (non-hydrogen) atoms. The zero-order chi connectivity index (χ0) is 20.5. The van der Waals surface area contributed by atoms with Crippen molar-refractivity contribution in [1.82, 2.24) is 0 Å². The molecule has 0 saturated carbocycles. The SMILES string of the molecule is CCOC(=O)[C@H]1Oc2c(c(=O)oc3ccccc23)[C@H]1c1ccc(OC(C)C)cc1. The van der Waals surface area contributed by atoms with E-state index in [1.54, 1.807) is 25.1 Å². The van der Waals surface area contributed by atoms with E-state index in [0.29, 0.717) is 28.0 Å². The number of hydrogen-bond donors (Lipinski definition) is 0. The van der Waals surface area contributed by atoms with E-state index in [9.17, 15) is 9.59 Å². The molecular formula is C23H22O6. The van der Waals surface area contributed by atoms with Gasteiger partial charge in [-0.1, -0.05) is 24.3 Å². The van der Waals surface area contributed by atoms with Crippen molar-refractivity contribution in [1.29, 1.82) is 0 Å². The number of carbonyl (C=O) groups is 1. The maximum absolute atomic E-state index is 12.8. The summed E-state index contributed by atoms with van der Waals surface area (Å²) in [5.74, 6) is -0.0544. The van der Waals surface area contributed by atoms with E-state index in [0.717, 1.165) is 5.56 Å². The average Bonchev–Trinajstić information content (AvgIpc) is 3.10. The molecule has 0 fully saturated rings. The van der Waals surface area contributed by atoms with E-state index in [2.05, 4.69) is 0 Å². The van der Waals surface area contributed by atoms with Crippen LogP contribution < -0.4 is 15.1 Å². The largest absolute Gasteiger partial charge is 0.491 e. The number of fused-ring (bicyclic) bond motifs is 3. The number of para-hydroxylation sites is 1. The van der Waals surface area contributed by atoms with Gasteiger partial charge in [0.05, 0.1) is 29.6 Å². The maximum atomic E-state index is 12.8. The predicted molar refractivity (Wildman–Crippen MR) is 108 cm³/mol. The zero-order valence-electron chi connectivity index (χ0n) is 16.5. The van der Waals surface area contributed by atoms with Crippen LogP contribution in [0.15, 0.2) is 57.7 Å². The molecule has 4 rings (SSSR count). The molecule has 0 radical (unpaired) electrons. The van der Waals surface area contributed by atoms with Gasteiger partial charge in [0.1, 0.15) is 17.1 Å². The van der Waals surface area contributed by atoms with Gasteiger partial charge in [-0.15, -0.1) is 0 Å². The Bertz CT molecular complexity index is 1100. The highest BCUT2D eigenvalue weighted by Gasteiger charge is 2.45. The molecule has 0 unspecified atom stereocenters. The topological polar surface area (TPSA) is 75.0 Å². The van der Waals surface area contributed by atoms with E-state index >= 15 is 0 Å². The van der Waals surface area contributed by atoms with E-state index in [1.165, 1.54) is 0 Å². The summed E-state index contributed by atoms with van der Waals surface area (Å²) >= 11 is 0. The summed E-state index contributed by atoms with van der Waals surface area (Å²) in [4.78, 5) is 25.5. The van der Waals surface area contributed by atoms with E-state index < -0.39 is 23.6 Å². The van der Waals surface area contributed by atoms with Crippen LogP contribution in [0.2, 0.25) is 0 Å². The van der Waals surface area contributed by atoms with Crippen LogP contribution in [0.25, 0.3) is 11.0 Å². The van der Waals surface area contributed by atoms with Gasteiger partial charge in [0, 0.05) is 0 Å². The highest BCUT2D eigenvalue weighted by Crippen LogP contribution is 2.44. The van der Waals surface area contributed by atoms with Gasteiger partial charge in [-0.3, -0.25) is 0 Å². The van der Waals surface area contributed by atoms with Crippen molar-refractivity contribution in [2.24, 2.45) is 0 Å². The molecule has 1 aromatic heterocycles. The molecule has 0 aliphatic carbocycles. The Morgan fingerprint density at radius 3 is 2.52 bits per heavy atom. The number of rotatable bonds is 5. The molecule has 0 saturated heterocycles. The number of carbonyl (C=O) groups excluding carboxylic acids is 1. The van der Waals surface area contributed by atoms with Gasteiger partial charge in [-0.05, 0) is 50.6 Å². The molecule has 0 N–H and O–H groups in total. The van der Waals surface area contributed by atoms with Crippen LogP contribution in [0, 0.1) is 0 Å². The fourth-order valence-electron chi connectivity index (χ4n) is 3.65. The first-order valence-corrected chi connectivity index (χ1v) is 9.65. The highest BCUT2D eigenvalue weighted by molar-refractivity contribution is 5.88. The third-order valence-electron chi connectivity index (χ3n) is 4.79. The quantitative estimate of drug-likeness (QED) is 0.480. The molecule has 2 aromatic carbocycles. The van der Waals surface area contributed by atoms with Crippen LogP contribution in [0.1, 0.15) is 37.8 Å². The third-order valence-corrected chi connectivity index (χ3v) is 4.79. The van der Waals surface area contributed by atoms with Crippen molar-refractivity contribution in [2.45, 2.75) is 38.9 Å².